The van der Waals surface area contributed by atoms with Gasteiger partial charge >= 0.3 is 26.2 Å². The van der Waals surface area contributed by atoms with Gasteiger partial charge in [0.2, 0.25) is 0 Å². The van der Waals surface area contributed by atoms with E-state index in [1.165, 1.54) is 0 Å². The van der Waals surface area contributed by atoms with Crippen LogP contribution in [0.4, 0.5) is 0 Å². The first-order valence-corrected chi connectivity index (χ1v) is 1.15. The third-order valence-electron chi connectivity index (χ3n) is 0. The summed E-state index contributed by atoms with van der Waals surface area (Å²) in [5.41, 5.74) is 0. The minimum absolute atomic E-state index is 0. The maximum absolute atomic E-state index is 8.38. The molecule has 0 heterocycles. The average molecular weight is 183 g/mol. The standard InChI is InChI=1S/2CH2O2.Zr/c2*2-1-3;/h2*1H2;/q2*-2;+4. The largest absolute Gasteiger partial charge is 4.00 e. The first-order chi connectivity index (χ1) is 2.83. The molecule has 0 aromatic heterocycles. The van der Waals surface area contributed by atoms with Crippen molar-refractivity contribution in [1.29, 1.82) is 0 Å². The Kier molecular flexibility index (Phi) is 66.4. The SMILES string of the molecule is [O-]C[O-].[O-]C[O-].[Zr+4]. The summed E-state index contributed by atoms with van der Waals surface area (Å²) in [6, 6.07) is 0. The number of rotatable bonds is 0. The molecule has 0 aliphatic heterocycles. The molecule has 0 saturated carbocycles. The van der Waals surface area contributed by atoms with Crippen LogP contribution in [0.5, 0.6) is 0 Å². The van der Waals surface area contributed by atoms with E-state index in [0.29, 0.717) is 0 Å². The summed E-state index contributed by atoms with van der Waals surface area (Å²) in [4.78, 5) is 0. The molecular formula is C2H4O4Zr. The zero-order valence-corrected chi connectivity index (χ0v) is 6.01. The first-order valence-electron chi connectivity index (χ1n) is 1.15. The van der Waals surface area contributed by atoms with E-state index in [1.54, 1.807) is 0 Å². The summed E-state index contributed by atoms with van der Waals surface area (Å²) < 4.78 is 0. The van der Waals surface area contributed by atoms with E-state index >= 15 is 0 Å². The zero-order valence-electron chi connectivity index (χ0n) is 3.55. The molecule has 0 saturated heterocycles. The van der Waals surface area contributed by atoms with Crippen LogP contribution in [0.15, 0.2) is 0 Å². The minimum Gasteiger partial charge on any atom is -0.868 e. The molecule has 0 spiro atoms. The molecule has 0 rings (SSSR count). The fraction of sp³-hybridized carbons (Fsp3) is 1.00. The van der Waals surface area contributed by atoms with Crippen molar-refractivity contribution in [3.8, 4) is 0 Å². The molecule has 40 valence electrons. The third-order valence-corrected chi connectivity index (χ3v) is 0. The molecule has 0 atom stereocenters. The third kappa shape index (κ3) is 287. The van der Waals surface area contributed by atoms with E-state index in [4.69, 9.17) is 20.4 Å². The van der Waals surface area contributed by atoms with Gasteiger partial charge in [0.1, 0.15) is 0 Å². The smallest absolute Gasteiger partial charge is 0.868 e. The number of hydrogen-bond donors (Lipinski definition) is 0. The van der Waals surface area contributed by atoms with Crippen LogP contribution in [0.3, 0.4) is 0 Å². The Hall–Kier alpha value is 0.723. The van der Waals surface area contributed by atoms with Crippen LogP contribution in [0.25, 0.3) is 0 Å². The number of hydrogen-bond acceptors (Lipinski definition) is 4. The fourth-order valence-corrected chi connectivity index (χ4v) is 0. The Morgan fingerprint density at radius 3 is 0.714 bits per heavy atom. The van der Waals surface area contributed by atoms with Gasteiger partial charge in [0.25, 0.3) is 0 Å². The molecule has 0 unspecified atom stereocenters. The monoisotopic (exact) mass is 182 g/mol. The Labute approximate surface area is 60.5 Å². The van der Waals surface area contributed by atoms with E-state index in [9.17, 15) is 0 Å². The Bertz CT molecular complexity index is 11.7. The molecule has 5 heteroatoms. The van der Waals surface area contributed by atoms with Crippen LogP contribution in [0.2, 0.25) is 0 Å². The normalized spacial score (nSPS) is 5.14. The van der Waals surface area contributed by atoms with Gasteiger partial charge in [-0.1, -0.05) is 0 Å². The summed E-state index contributed by atoms with van der Waals surface area (Å²) in [7, 11) is 0. The summed E-state index contributed by atoms with van der Waals surface area (Å²) in [6.07, 6.45) is 0. The molecule has 0 aliphatic rings. The summed E-state index contributed by atoms with van der Waals surface area (Å²) in [5, 5.41) is 33.5. The summed E-state index contributed by atoms with van der Waals surface area (Å²) in [6.45, 7) is -2.50. The fourth-order valence-electron chi connectivity index (χ4n) is 0. The molecule has 0 amide bonds. The second kappa shape index (κ2) is 29.7. The predicted octanol–water partition coefficient (Wildman–Crippen LogP) is -4.67. The van der Waals surface area contributed by atoms with Gasteiger partial charge in [-0.25, -0.2) is 13.6 Å². The van der Waals surface area contributed by atoms with Gasteiger partial charge in [0.05, 0.1) is 0 Å². The summed E-state index contributed by atoms with van der Waals surface area (Å²) in [5.74, 6) is 0. The maximum atomic E-state index is 8.38. The van der Waals surface area contributed by atoms with Crippen LogP contribution in [-0.4, -0.2) is 13.6 Å². The second-order valence-corrected chi connectivity index (χ2v) is 0.236. The predicted molar refractivity (Wildman–Crippen MR) is 9.73 cm³/mol. The minimum atomic E-state index is -1.25. The van der Waals surface area contributed by atoms with Gasteiger partial charge in [0.15, 0.2) is 0 Å². The second-order valence-electron chi connectivity index (χ2n) is 0.236. The van der Waals surface area contributed by atoms with Gasteiger partial charge in [-0.2, -0.15) is 0 Å². The van der Waals surface area contributed by atoms with Crippen LogP contribution < -0.4 is 20.4 Å². The molecule has 0 fully saturated rings. The Balaban J connectivity index is -0.0000000400. The van der Waals surface area contributed by atoms with Crippen molar-refractivity contribution in [2.45, 2.75) is 0 Å². The van der Waals surface area contributed by atoms with Gasteiger partial charge in [-0.15, -0.1) is 0 Å². The molecule has 0 aromatic rings. The van der Waals surface area contributed by atoms with Crippen molar-refractivity contribution in [3.05, 3.63) is 0 Å². The van der Waals surface area contributed by atoms with Crippen molar-refractivity contribution >= 4 is 0 Å². The van der Waals surface area contributed by atoms with E-state index in [2.05, 4.69) is 0 Å². The molecule has 0 N–H and O–H groups in total. The molecule has 0 aliphatic carbocycles. The van der Waals surface area contributed by atoms with Gasteiger partial charge in [0, 0.05) is 0 Å². The molecule has 4 nitrogen and oxygen atoms in total. The molecule has 7 heavy (non-hydrogen) atoms. The van der Waals surface area contributed by atoms with Crippen LogP contribution in [-0.2, 0) is 26.2 Å². The van der Waals surface area contributed by atoms with Crippen molar-refractivity contribution in [3.63, 3.8) is 0 Å². The van der Waals surface area contributed by atoms with Crippen molar-refractivity contribution in [1.82, 2.24) is 0 Å². The Morgan fingerprint density at radius 1 is 0.714 bits per heavy atom. The molecule has 0 radical (unpaired) electrons. The van der Waals surface area contributed by atoms with E-state index < -0.39 is 13.6 Å². The van der Waals surface area contributed by atoms with Crippen molar-refractivity contribution in [2.24, 2.45) is 0 Å². The van der Waals surface area contributed by atoms with E-state index in [1.807, 2.05) is 0 Å². The van der Waals surface area contributed by atoms with Crippen LogP contribution in [0, 0.1) is 0 Å². The molecule has 0 bridgehead atoms. The van der Waals surface area contributed by atoms with Crippen LogP contribution >= 0.6 is 0 Å². The summed E-state index contributed by atoms with van der Waals surface area (Å²) >= 11 is 0. The van der Waals surface area contributed by atoms with Gasteiger partial charge in [-0.3, -0.25) is 0 Å². The molecular weight excluding hydrogens is 179 g/mol. The van der Waals surface area contributed by atoms with Crippen molar-refractivity contribution < 1.29 is 46.6 Å². The van der Waals surface area contributed by atoms with Gasteiger partial charge in [-0.05, 0) is 0 Å². The quantitative estimate of drug-likeness (QED) is 0.353. The van der Waals surface area contributed by atoms with E-state index in [-0.39, 0.29) is 26.2 Å². The maximum Gasteiger partial charge on any atom is 4.00 e. The zero-order chi connectivity index (χ0) is 5.41. The molecule has 0 aromatic carbocycles. The first kappa shape index (κ1) is 15.6. The van der Waals surface area contributed by atoms with Crippen LogP contribution in [0.1, 0.15) is 0 Å². The van der Waals surface area contributed by atoms with Gasteiger partial charge < -0.3 is 20.4 Å². The Morgan fingerprint density at radius 2 is 0.714 bits per heavy atom. The topological polar surface area (TPSA) is 92.2 Å². The average Bonchev–Trinajstić information content (AvgIpc) is 1.39. The van der Waals surface area contributed by atoms with Crippen molar-refractivity contribution in [2.75, 3.05) is 13.6 Å². The van der Waals surface area contributed by atoms with E-state index in [0.717, 1.165) is 0 Å².